The number of likely N-dealkylation sites (tertiary alicyclic amines) is 1. The van der Waals surface area contributed by atoms with Gasteiger partial charge in [0.25, 0.3) is 0 Å². The number of benzene rings is 1. The summed E-state index contributed by atoms with van der Waals surface area (Å²) in [4.78, 5) is 54.7. The zero-order chi connectivity index (χ0) is 22.3. The number of fused-ring (bicyclic) bond motifs is 9. The molecule has 0 unspecified atom stereocenters. The fraction of sp³-hybridized carbons (Fsp3) is 0.455. The van der Waals surface area contributed by atoms with Crippen LogP contribution in [0.3, 0.4) is 0 Å². The lowest BCUT2D eigenvalue weighted by atomic mass is 9.68. The number of rotatable bonds is 4. The maximum Gasteiger partial charge on any atom is 0.305 e. The molecule has 2 amide bonds. The average molecular weight is 491 g/mol. The highest BCUT2D eigenvalue weighted by molar-refractivity contribution is 8.00. The zero-order valence-corrected chi connectivity index (χ0v) is 19.1. The number of H-pyrrole nitrogens is 1. The zero-order valence-electron chi connectivity index (χ0n) is 16.7. The Bertz CT molecular complexity index is 1210. The Hall–Kier alpha value is -2.10. The minimum atomic E-state index is -1.02. The van der Waals surface area contributed by atoms with Gasteiger partial charge in [0.2, 0.25) is 11.8 Å². The number of carboxylic acids is 1. The number of carboxylic acid groups (broad SMARTS) is 1. The Kier molecular flexibility index (Phi) is 4.61. The first-order chi connectivity index (χ1) is 15.3. The van der Waals surface area contributed by atoms with Crippen molar-refractivity contribution < 1.29 is 19.5 Å². The second-order valence-electron chi connectivity index (χ2n) is 8.98. The van der Waals surface area contributed by atoms with Crippen LogP contribution in [0.5, 0.6) is 0 Å². The molecule has 7 nitrogen and oxygen atoms in total. The molecule has 0 radical (unpaired) electrons. The predicted octanol–water partition coefficient (Wildman–Crippen LogP) is 3.04. The molecule has 7 atom stereocenters. The van der Waals surface area contributed by atoms with Gasteiger partial charge in [-0.3, -0.25) is 24.1 Å². The third-order valence-corrected chi connectivity index (χ3v) is 10.4. The number of aliphatic carboxylic acids is 1. The number of carbonyl (C=O) groups excluding carboxylic acids is 2. The van der Waals surface area contributed by atoms with Gasteiger partial charge in [0, 0.05) is 27.6 Å². The Balaban J connectivity index is 1.41. The van der Waals surface area contributed by atoms with Crippen LogP contribution in [-0.2, 0) is 14.4 Å². The van der Waals surface area contributed by atoms with Crippen molar-refractivity contribution in [3.8, 4) is 0 Å². The number of nitrogens with zero attached hydrogens (tertiary/aromatic N) is 1. The van der Waals surface area contributed by atoms with E-state index >= 15 is 0 Å². The van der Waals surface area contributed by atoms with Gasteiger partial charge in [0.15, 0.2) is 0 Å². The summed E-state index contributed by atoms with van der Waals surface area (Å²) in [5, 5.41) is 10.6. The fourth-order valence-electron chi connectivity index (χ4n) is 6.55. The number of hydrogen-bond donors (Lipinski definition) is 2. The van der Waals surface area contributed by atoms with E-state index in [1.54, 1.807) is 11.8 Å². The Morgan fingerprint density at radius 3 is 2.50 bits per heavy atom. The molecule has 1 saturated heterocycles. The van der Waals surface area contributed by atoms with Crippen LogP contribution < -0.4 is 4.87 Å². The summed E-state index contributed by atoms with van der Waals surface area (Å²) in [6.07, 6.45) is 0.574. The smallest absolute Gasteiger partial charge is 0.305 e. The van der Waals surface area contributed by atoms with Crippen LogP contribution in [0.25, 0.3) is 0 Å². The molecule has 4 aliphatic rings. The number of thiazole rings is 1. The number of nitrogens with one attached hydrogen (secondary N) is 1. The highest BCUT2D eigenvalue weighted by Crippen LogP contribution is 2.68. The monoisotopic (exact) mass is 490 g/mol. The second kappa shape index (κ2) is 7.20. The topological polar surface area (TPSA) is 108 Å². The van der Waals surface area contributed by atoms with Crippen molar-refractivity contribution >= 4 is 52.5 Å². The van der Waals surface area contributed by atoms with Crippen LogP contribution in [0.15, 0.2) is 34.1 Å². The van der Waals surface area contributed by atoms with Gasteiger partial charge >= 0.3 is 10.8 Å². The maximum atomic E-state index is 13.2. The molecule has 0 spiro atoms. The van der Waals surface area contributed by atoms with E-state index in [0.717, 1.165) is 21.9 Å². The molecule has 2 aliphatic heterocycles. The van der Waals surface area contributed by atoms with Gasteiger partial charge in [-0.15, -0.1) is 11.8 Å². The molecule has 2 aromatic rings. The summed E-state index contributed by atoms with van der Waals surface area (Å²) in [5.74, 6) is -2.08. The summed E-state index contributed by atoms with van der Waals surface area (Å²) < 4.78 is 0. The molecule has 166 valence electrons. The van der Waals surface area contributed by atoms with Crippen LogP contribution in [0, 0.1) is 29.6 Å². The number of thioether (sulfide) groups is 1. The van der Waals surface area contributed by atoms with Gasteiger partial charge in [0.05, 0.1) is 23.3 Å². The molecule has 3 fully saturated rings. The van der Waals surface area contributed by atoms with E-state index in [1.165, 1.54) is 16.2 Å². The van der Waals surface area contributed by atoms with Crippen LogP contribution in [0.2, 0.25) is 5.02 Å². The lowest BCUT2D eigenvalue weighted by Crippen LogP contribution is -2.42. The third kappa shape index (κ3) is 2.80. The fourth-order valence-corrected chi connectivity index (χ4v) is 9.56. The normalized spacial score (nSPS) is 34.5. The first-order valence-electron chi connectivity index (χ1n) is 10.6. The molecule has 3 heterocycles. The lowest BCUT2D eigenvalue weighted by Gasteiger charge is -2.43. The molecule has 1 aromatic heterocycles. The minimum absolute atomic E-state index is 0.0276. The summed E-state index contributed by atoms with van der Waals surface area (Å²) in [6, 6.07) is 7.66. The van der Waals surface area contributed by atoms with Gasteiger partial charge in [-0.1, -0.05) is 35.1 Å². The first kappa shape index (κ1) is 20.5. The Labute approximate surface area is 196 Å². The molecule has 2 bridgehead atoms. The number of halogens is 1. The van der Waals surface area contributed by atoms with E-state index in [9.17, 15) is 19.2 Å². The number of aromatic nitrogens is 1. The Morgan fingerprint density at radius 2 is 1.81 bits per heavy atom. The molecule has 10 heteroatoms. The van der Waals surface area contributed by atoms with E-state index in [-0.39, 0.29) is 64.5 Å². The lowest BCUT2D eigenvalue weighted by molar-refractivity contribution is -0.142. The van der Waals surface area contributed by atoms with Crippen molar-refractivity contribution in [3.63, 3.8) is 0 Å². The van der Waals surface area contributed by atoms with E-state index in [2.05, 4.69) is 4.98 Å². The number of carbonyl (C=O) groups is 3. The van der Waals surface area contributed by atoms with Crippen molar-refractivity contribution in [2.24, 2.45) is 29.6 Å². The van der Waals surface area contributed by atoms with E-state index in [1.807, 2.05) is 24.3 Å². The highest BCUT2D eigenvalue weighted by Gasteiger charge is 2.69. The van der Waals surface area contributed by atoms with Crippen molar-refractivity contribution in [1.29, 1.82) is 0 Å². The summed E-state index contributed by atoms with van der Waals surface area (Å²) in [6.45, 7) is -0.0663. The van der Waals surface area contributed by atoms with E-state index in [0.29, 0.717) is 5.02 Å². The van der Waals surface area contributed by atoms with Gasteiger partial charge < -0.3 is 10.1 Å². The van der Waals surface area contributed by atoms with Crippen LogP contribution in [-0.4, -0.2) is 44.6 Å². The largest absolute Gasteiger partial charge is 0.481 e. The predicted molar refractivity (Wildman–Crippen MR) is 119 cm³/mol. The van der Waals surface area contributed by atoms with E-state index in [4.69, 9.17) is 16.7 Å². The molecular weight excluding hydrogens is 472 g/mol. The SMILES string of the molecule is O=C(O)CCN1C(=O)[C@@H]2[C@H]3C[C@@H]([C@@H]2C1=O)[C@@H]1[C@H](c2ccc(Cl)cc2)c2sc(=O)[nH]c2S[C@H]31. The molecule has 2 N–H and O–H groups in total. The standard InChI is InChI=1S/C22H19ClN2O5S2/c23-9-3-1-8(2-4-9)13-14-10-7-11(17(14)31-19-18(13)32-22(30)24-19)16-15(10)20(28)25(21(16)29)6-5-12(26)27/h1-4,10-11,13-17H,5-7H2,(H,24,30)(H,26,27)/t10-,11-,13+,14-,15+,16-,17-/m1/s1. The van der Waals surface area contributed by atoms with Gasteiger partial charge in [-0.25, -0.2) is 0 Å². The number of hydrogen-bond acceptors (Lipinski definition) is 6. The quantitative estimate of drug-likeness (QED) is 0.638. The highest BCUT2D eigenvalue weighted by atomic mass is 35.5. The van der Waals surface area contributed by atoms with Crippen molar-refractivity contribution in [2.45, 2.75) is 29.0 Å². The summed E-state index contributed by atoms with van der Waals surface area (Å²) in [7, 11) is 0. The maximum absolute atomic E-state index is 13.2. The van der Waals surface area contributed by atoms with Crippen LogP contribution >= 0.6 is 34.7 Å². The van der Waals surface area contributed by atoms with Crippen molar-refractivity contribution in [1.82, 2.24) is 9.88 Å². The molecular formula is C22H19ClN2O5S2. The number of aromatic amines is 1. The Morgan fingerprint density at radius 1 is 1.12 bits per heavy atom. The first-order valence-corrected chi connectivity index (χ1v) is 12.6. The second-order valence-corrected chi connectivity index (χ2v) is 11.6. The van der Waals surface area contributed by atoms with Crippen LogP contribution in [0.4, 0.5) is 0 Å². The number of imide groups is 1. The van der Waals surface area contributed by atoms with E-state index < -0.39 is 11.9 Å². The number of amides is 2. The molecule has 2 saturated carbocycles. The van der Waals surface area contributed by atoms with Crippen molar-refractivity contribution in [3.05, 3.63) is 49.4 Å². The van der Waals surface area contributed by atoms with Crippen molar-refractivity contribution in [2.75, 3.05) is 6.54 Å². The van der Waals surface area contributed by atoms with Gasteiger partial charge in [-0.05, 0) is 41.9 Å². The van der Waals surface area contributed by atoms with Crippen LogP contribution in [0.1, 0.15) is 29.2 Å². The third-order valence-electron chi connectivity index (χ3n) is 7.59. The summed E-state index contributed by atoms with van der Waals surface area (Å²) in [5.41, 5.74) is 1.06. The van der Waals surface area contributed by atoms with Gasteiger partial charge in [0.1, 0.15) is 0 Å². The molecule has 1 aromatic carbocycles. The molecule has 6 rings (SSSR count). The summed E-state index contributed by atoms with van der Waals surface area (Å²) >= 11 is 8.98. The van der Waals surface area contributed by atoms with Gasteiger partial charge in [-0.2, -0.15) is 0 Å². The minimum Gasteiger partial charge on any atom is -0.481 e. The average Bonchev–Trinajstić information content (AvgIpc) is 3.47. The molecule has 2 aliphatic carbocycles. The molecule has 32 heavy (non-hydrogen) atoms.